The van der Waals surface area contributed by atoms with Crippen LogP contribution in [0.5, 0.6) is 0 Å². The second kappa shape index (κ2) is 12.1. The van der Waals surface area contributed by atoms with Crippen molar-refractivity contribution in [3.05, 3.63) is 42.2 Å². The summed E-state index contributed by atoms with van der Waals surface area (Å²) in [6.45, 7) is 6.27. The highest BCUT2D eigenvalue weighted by molar-refractivity contribution is 7.80. The topological polar surface area (TPSA) is 83.2 Å². The summed E-state index contributed by atoms with van der Waals surface area (Å²) in [5.74, 6) is 0.674. The predicted molar refractivity (Wildman–Crippen MR) is 145 cm³/mol. The standard InChI is InChI=1S/C26H34FN7S/c1-2-3-4-5-6-7-14-29-26(35)34-17-15-33(16-18-34)24-23-22(31-25(28)32-24)13-12-21(30-23)19-8-10-20(27)11-9-19/h8-13H,2-7,14-18H2,1H3,(H,29,35)(H2,28,31,32). The Morgan fingerprint density at radius 2 is 1.66 bits per heavy atom. The molecular formula is C26H34FN7S. The van der Waals surface area contributed by atoms with Crippen LogP contribution in [-0.4, -0.2) is 57.7 Å². The zero-order valence-corrected chi connectivity index (χ0v) is 21.2. The lowest BCUT2D eigenvalue weighted by molar-refractivity contribution is 0.379. The van der Waals surface area contributed by atoms with Gasteiger partial charge in [0.2, 0.25) is 5.95 Å². The highest BCUT2D eigenvalue weighted by Gasteiger charge is 2.23. The van der Waals surface area contributed by atoms with Crippen LogP contribution in [0.4, 0.5) is 16.2 Å². The molecule has 0 saturated carbocycles. The summed E-state index contributed by atoms with van der Waals surface area (Å²) in [6.07, 6.45) is 7.62. The largest absolute Gasteiger partial charge is 0.368 e. The molecule has 0 amide bonds. The average Bonchev–Trinajstić information content (AvgIpc) is 2.88. The first kappa shape index (κ1) is 25.0. The molecule has 1 aliphatic rings. The van der Waals surface area contributed by atoms with E-state index in [1.165, 1.54) is 44.2 Å². The van der Waals surface area contributed by atoms with Gasteiger partial charge in [-0.1, -0.05) is 39.0 Å². The van der Waals surface area contributed by atoms with E-state index in [9.17, 15) is 4.39 Å². The molecule has 9 heteroatoms. The smallest absolute Gasteiger partial charge is 0.222 e. The van der Waals surface area contributed by atoms with Crippen LogP contribution in [0.3, 0.4) is 0 Å². The molecule has 3 aromatic rings. The molecule has 0 atom stereocenters. The molecule has 1 fully saturated rings. The van der Waals surface area contributed by atoms with Crippen molar-refractivity contribution < 1.29 is 4.39 Å². The molecule has 0 unspecified atom stereocenters. The number of pyridine rings is 1. The van der Waals surface area contributed by atoms with Crippen molar-refractivity contribution in [3.63, 3.8) is 0 Å². The first-order valence-corrected chi connectivity index (χ1v) is 12.9. The summed E-state index contributed by atoms with van der Waals surface area (Å²) in [4.78, 5) is 18.1. The summed E-state index contributed by atoms with van der Waals surface area (Å²) in [6, 6.07) is 10.1. The molecule has 35 heavy (non-hydrogen) atoms. The third-order valence-electron chi connectivity index (χ3n) is 6.35. The van der Waals surface area contributed by atoms with Crippen molar-refractivity contribution in [2.24, 2.45) is 0 Å². The van der Waals surface area contributed by atoms with Crippen LogP contribution in [0, 0.1) is 5.82 Å². The van der Waals surface area contributed by atoms with Crippen LogP contribution in [0.15, 0.2) is 36.4 Å². The monoisotopic (exact) mass is 495 g/mol. The summed E-state index contributed by atoms with van der Waals surface area (Å²) < 4.78 is 13.4. The highest BCUT2D eigenvalue weighted by Crippen LogP contribution is 2.27. The second-order valence-electron chi connectivity index (χ2n) is 8.95. The number of nitrogens with zero attached hydrogens (tertiary/aromatic N) is 5. The SMILES string of the molecule is CCCCCCCCNC(=S)N1CCN(c2nc(N)nc3ccc(-c4ccc(F)cc4)nc23)CC1. The number of hydrogen-bond acceptors (Lipinski definition) is 6. The van der Waals surface area contributed by atoms with Crippen molar-refractivity contribution in [1.29, 1.82) is 0 Å². The molecule has 1 aliphatic heterocycles. The number of benzene rings is 1. The van der Waals surface area contributed by atoms with Gasteiger partial charge in [-0.3, -0.25) is 0 Å². The van der Waals surface area contributed by atoms with Gasteiger partial charge in [0.15, 0.2) is 10.9 Å². The van der Waals surface area contributed by atoms with Crippen LogP contribution in [0.25, 0.3) is 22.3 Å². The Balaban J connectivity index is 1.39. The molecule has 0 aliphatic carbocycles. The van der Waals surface area contributed by atoms with Crippen molar-refractivity contribution in [1.82, 2.24) is 25.2 Å². The third kappa shape index (κ3) is 6.54. The van der Waals surface area contributed by atoms with Gasteiger partial charge in [-0.05, 0) is 55.0 Å². The lowest BCUT2D eigenvalue weighted by Crippen LogP contribution is -2.52. The van der Waals surface area contributed by atoms with E-state index in [0.717, 1.165) is 61.3 Å². The maximum atomic E-state index is 13.4. The van der Waals surface area contributed by atoms with Gasteiger partial charge in [0.05, 0.1) is 11.2 Å². The number of anilines is 2. The van der Waals surface area contributed by atoms with Crippen LogP contribution < -0.4 is 16.0 Å². The van der Waals surface area contributed by atoms with Crippen LogP contribution >= 0.6 is 12.2 Å². The quantitative estimate of drug-likeness (QED) is 0.324. The molecule has 0 radical (unpaired) electrons. The number of thiocarbonyl (C=S) groups is 1. The molecule has 186 valence electrons. The lowest BCUT2D eigenvalue weighted by atomic mass is 10.1. The lowest BCUT2D eigenvalue weighted by Gasteiger charge is -2.37. The fourth-order valence-corrected chi connectivity index (χ4v) is 4.64. The minimum Gasteiger partial charge on any atom is -0.368 e. The number of nitrogens with two attached hydrogens (primary N) is 1. The fraction of sp³-hybridized carbons (Fsp3) is 0.462. The van der Waals surface area contributed by atoms with Crippen LogP contribution in [0.2, 0.25) is 0 Å². The minimum atomic E-state index is -0.274. The molecule has 1 saturated heterocycles. The normalized spacial score (nSPS) is 13.9. The Kier molecular flexibility index (Phi) is 8.63. The van der Waals surface area contributed by atoms with Gasteiger partial charge < -0.3 is 20.9 Å². The molecule has 4 rings (SSSR count). The minimum absolute atomic E-state index is 0.224. The van der Waals surface area contributed by atoms with E-state index in [1.807, 2.05) is 12.1 Å². The number of halogens is 1. The van der Waals surface area contributed by atoms with Crippen molar-refractivity contribution in [2.45, 2.75) is 45.4 Å². The van der Waals surface area contributed by atoms with E-state index in [-0.39, 0.29) is 11.8 Å². The van der Waals surface area contributed by atoms with Gasteiger partial charge in [0, 0.05) is 38.3 Å². The predicted octanol–water partition coefficient (Wildman–Crippen LogP) is 4.77. The molecule has 7 nitrogen and oxygen atoms in total. The van der Waals surface area contributed by atoms with Gasteiger partial charge in [0.1, 0.15) is 11.3 Å². The van der Waals surface area contributed by atoms with Gasteiger partial charge in [0.25, 0.3) is 0 Å². The van der Waals surface area contributed by atoms with E-state index in [2.05, 4.69) is 32.0 Å². The Morgan fingerprint density at radius 1 is 0.943 bits per heavy atom. The van der Waals surface area contributed by atoms with E-state index in [1.54, 1.807) is 12.1 Å². The van der Waals surface area contributed by atoms with Crippen molar-refractivity contribution in [3.8, 4) is 11.3 Å². The molecule has 3 N–H and O–H groups in total. The second-order valence-corrected chi connectivity index (χ2v) is 9.34. The number of rotatable bonds is 9. The summed E-state index contributed by atoms with van der Waals surface area (Å²) >= 11 is 5.64. The summed E-state index contributed by atoms with van der Waals surface area (Å²) in [5, 5.41) is 4.24. The molecule has 3 heterocycles. The van der Waals surface area contributed by atoms with Gasteiger partial charge in [-0.15, -0.1) is 0 Å². The van der Waals surface area contributed by atoms with Crippen molar-refractivity contribution in [2.75, 3.05) is 43.4 Å². The number of aromatic nitrogens is 3. The molecule has 0 bridgehead atoms. The first-order chi connectivity index (χ1) is 17.0. The summed E-state index contributed by atoms with van der Waals surface area (Å²) in [7, 11) is 0. The van der Waals surface area contributed by atoms with Crippen molar-refractivity contribution >= 4 is 40.1 Å². The maximum absolute atomic E-state index is 13.4. The number of nitrogen functional groups attached to an aromatic ring is 1. The average molecular weight is 496 g/mol. The Bertz CT molecular complexity index is 1130. The van der Waals surface area contributed by atoms with Crippen LogP contribution in [0.1, 0.15) is 45.4 Å². The van der Waals surface area contributed by atoms with Gasteiger partial charge in [-0.2, -0.15) is 4.98 Å². The highest BCUT2D eigenvalue weighted by atomic mass is 32.1. The molecular weight excluding hydrogens is 461 g/mol. The van der Waals surface area contributed by atoms with Crippen LogP contribution in [-0.2, 0) is 0 Å². The zero-order valence-electron chi connectivity index (χ0n) is 20.3. The molecule has 1 aromatic carbocycles. The number of nitrogens with one attached hydrogen (secondary N) is 1. The number of piperazine rings is 1. The van der Waals surface area contributed by atoms with E-state index in [0.29, 0.717) is 11.0 Å². The Labute approximate surface area is 212 Å². The Morgan fingerprint density at radius 3 is 2.40 bits per heavy atom. The Hall–Kier alpha value is -3.07. The first-order valence-electron chi connectivity index (χ1n) is 12.5. The maximum Gasteiger partial charge on any atom is 0.222 e. The van der Waals surface area contributed by atoms with Gasteiger partial charge in [-0.25, -0.2) is 14.4 Å². The number of hydrogen-bond donors (Lipinski definition) is 2. The van der Waals surface area contributed by atoms with E-state index < -0.39 is 0 Å². The van der Waals surface area contributed by atoms with Gasteiger partial charge >= 0.3 is 0 Å². The number of unbranched alkanes of at least 4 members (excludes halogenated alkanes) is 5. The summed E-state index contributed by atoms with van der Waals surface area (Å²) in [5.41, 5.74) is 8.98. The molecule has 0 spiro atoms. The molecule has 2 aromatic heterocycles. The third-order valence-corrected chi connectivity index (χ3v) is 6.76. The van der Waals surface area contributed by atoms with E-state index >= 15 is 0 Å². The number of fused-ring (bicyclic) bond motifs is 1. The zero-order chi connectivity index (χ0) is 24.6. The van der Waals surface area contributed by atoms with E-state index in [4.69, 9.17) is 22.9 Å². The fourth-order valence-electron chi connectivity index (χ4n) is 4.35.